The number of rotatable bonds is 11. The Bertz CT molecular complexity index is 1390. The van der Waals surface area contributed by atoms with Crippen LogP contribution in [0.1, 0.15) is 38.8 Å². The highest BCUT2D eigenvalue weighted by Crippen LogP contribution is 2.23. The predicted octanol–water partition coefficient (Wildman–Crippen LogP) is 5.13. The lowest BCUT2D eigenvalue weighted by molar-refractivity contribution is -0.140. The van der Waals surface area contributed by atoms with Crippen LogP contribution in [0.25, 0.3) is 0 Å². The highest BCUT2D eigenvalue weighted by atomic mass is 79.9. The van der Waals surface area contributed by atoms with Gasteiger partial charge in [0.1, 0.15) is 24.9 Å². The Labute approximate surface area is 245 Å². The van der Waals surface area contributed by atoms with Crippen molar-refractivity contribution in [2.45, 2.75) is 52.4 Å². The molecule has 0 saturated heterocycles. The van der Waals surface area contributed by atoms with Crippen molar-refractivity contribution in [3.05, 3.63) is 94.5 Å². The fourth-order valence-electron chi connectivity index (χ4n) is 3.91. The van der Waals surface area contributed by atoms with E-state index in [0.29, 0.717) is 18.0 Å². The highest BCUT2D eigenvalue weighted by molar-refractivity contribution is 9.10. The maximum absolute atomic E-state index is 13.7. The topological polar surface area (TPSA) is 96.0 Å². The number of hydrogen-bond acceptors (Lipinski definition) is 5. The van der Waals surface area contributed by atoms with Crippen molar-refractivity contribution in [2.75, 3.05) is 17.1 Å². The number of carbonyl (C=O) groups is 2. The second-order valence-corrected chi connectivity index (χ2v) is 13.4. The number of ether oxygens (including phenoxy) is 1. The van der Waals surface area contributed by atoms with Gasteiger partial charge in [0.2, 0.25) is 21.8 Å². The van der Waals surface area contributed by atoms with Crippen molar-refractivity contribution in [1.82, 2.24) is 10.2 Å². The van der Waals surface area contributed by atoms with Gasteiger partial charge in [0, 0.05) is 16.6 Å². The summed E-state index contributed by atoms with van der Waals surface area (Å²) in [6.45, 7) is 7.25. The van der Waals surface area contributed by atoms with Gasteiger partial charge in [-0.15, -0.1) is 0 Å². The van der Waals surface area contributed by atoms with Gasteiger partial charge in [-0.1, -0.05) is 58.4 Å². The first-order valence-electron chi connectivity index (χ1n) is 12.8. The summed E-state index contributed by atoms with van der Waals surface area (Å²) >= 11 is 3.41. The molecule has 40 heavy (non-hydrogen) atoms. The van der Waals surface area contributed by atoms with E-state index >= 15 is 0 Å². The van der Waals surface area contributed by atoms with Crippen LogP contribution in [0.15, 0.2) is 83.3 Å². The fraction of sp³-hybridized carbons (Fsp3) is 0.333. The van der Waals surface area contributed by atoms with Gasteiger partial charge in [0.25, 0.3) is 0 Å². The molecule has 0 spiro atoms. The van der Waals surface area contributed by atoms with Crippen LogP contribution in [-0.2, 0) is 32.8 Å². The van der Waals surface area contributed by atoms with Crippen molar-refractivity contribution in [3.8, 4) is 5.75 Å². The molecule has 3 aromatic carbocycles. The SMILES string of the molecule is C[C@H](C(=O)NC(C)(C)C)N(Cc1ccc(Br)cc1)C(=O)CN(c1ccc(OCc2ccccc2)cc1)S(C)(=O)=O. The van der Waals surface area contributed by atoms with Gasteiger partial charge in [0.05, 0.1) is 11.9 Å². The minimum atomic E-state index is -3.83. The number of anilines is 1. The molecule has 1 N–H and O–H groups in total. The van der Waals surface area contributed by atoms with Gasteiger partial charge >= 0.3 is 0 Å². The molecule has 10 heteroatoms. The van der Waals surface area contributed by atoms with E-state index in [9.17, 15) is 18.0 Å². The predicted molar refractivity (Wildman–Crippen MR) is 161 cm³/mol. The maximum Gasteiger partial charge on any atom is 0.244 e. The first-order chi connectivity index (χ1) is 18.7. The van der Waals surface area contributed by atoms with Crippen molar-refractivity contribution < 1.29 is 22.7 Å². The molecule has 0 fully saturated rings. The zero-order chi connectivity index (χ0) is 29.5. The van der Waals surface area contributed by atoms with Crippen molar-refractivity contribution in [3.63, 3.8) is 0 Å². The van der Waals surface area contributed by atoms with Gasteiger partial charge in [0.15, 0.2) is 0 Å². The number of benzene rings is 3. The van der Waals surface area contributed by atoms with Gasteiger partial charge < -0.3 is 15.0 Å². The molecule has 0 aromatic heterocycles. The summed E-state index contributed by atoms with van der Waals surface area (Å²) in [5.74, 6) is -0.269. The minimum Gasteiger partial charge on any atom is -0.489 e. The molecule has 2 amide bonds. The summed E-state index contributed by atoms with van der Waals surface area (Å²) in [5.41, 5.74) is 1.63. The lowest BCUT2D eigenvalue weighted by Crippen LogP contribution is -2.54. The molecule has 0 unspecified atom stereocenters. The monoisotopic (exact) mass is 629 g/mol. The normalized spacial score (nSPS) is 12.3. The Morgan fingerprint density at radius 1 is 0.925 bits per heavy atom. The smallest absolute Gasteiger partial charge is 0.244 e. The van der Waals surface area contributed by atoms with E-state index in [1.54, 1.807) is 31.2 Å². The Morgan fingerprint density at radius 3 is 2.08 bits per heavy atom. The highest BCUT2D eigenvalue weighted by Gasteiger charge is 2.31. The largest absolute Gasteiger partial charge is 0.489 e. The van der Waals surface area contributed by atoms with Crippen LogP contribution < -0.4 is 14.4 Å². The van der Waals surface area contributed by atoms with E-state index in [0.717, 1.165) is 26.2 Å². The molecule has 1 atom stereocenters. The average molecular weight is 631 g/mol. The molecule has 3 rings (SSSR count). The number of nitrogens with one attached hydrogen (secondary N) is 1. The molecular weight excluding hydrogens is 594 g/mol. The van der Waals surface area contributed by atoms with Crippen molar-refractivity contribution in [1.29, 1.82) is 0 Å². The van der Waals surface area contributed by atoms with E-state index in [1.165, 1.54) is 4.90 Å². The third-order valence-corrected chi connectivity index (χ3v) is 7.65. The van der Waals surface area contributed by atoms with Crippen LogP contribution in [0.5, 0.6) is 5.75 Å². The standard InChI is InChI=1S/C30H36BrN3O5S/c1-22(29(36)32-30(2,3)4)33(19-23-11-13-25(31)14-12-23)28(35)20-34(40(5,37)38)26-15-17-27(18-16-26)39-21-24-9-7-6-8-10-24/h6-18,22H,19-21H2,1-5H3,(H,32,36)/t22-/m1/s1. The van der Waals surface area contributed by atoms with Gasteiger partial charge in [-0.2, -0.15) is 0 Å². The van der Waals surface area contributed by atoms with Crippen LogP contribution in [0, 0.1) is 0 Å². The summed E-state index contributed by atoms with van der Waals surface area (Å²) in [4.78, 5) is 28.1. The van der Waals surface area contributed by atoms with Crippen molar-refractivity contribution >= 4 is 43.5 Å². The lowest BCUT2D eigenvalue weighted by atomic mass is 10.1. The Kier molecular flexibility index (Phi) is 10.4. The van der Waals surface area contributed by atoms with Gasteiger partial charge in [-0.3, -0.25) is 13.9 Å². The molecule has 0 heterocycles. The van der Waals surface area contributed by atoms with Crippen LogP contribution >= 0.6 is 15.9 Å². The van der Waals surface area contributed by atoms with E-state index in [2.05, 4.69) is 21.2 Å². The lowest BCUT2D eigenvalue weighted by Gasteiger charge is -2.33. The van der Waals surface area contributed by atoms with E-state index in [-0.39, 0.29) is 12.5 Å². The average Bonchev–Trinajstić information content (AvgIpc) is 2.89. The van der Waals surface area contributed by atoms with Crippen molar-refractivity contribution in [2.24, 2.45) is 0 Å². The summed E-state index contributed by atoms with van der Waals surface area (Å²) < 4.78 is 33.4. The van der Waals surface area contributed by atoms with Gasteiger partial charge in [-0.05, 0) is 75.2 Å². The third kappa shape index (κ3) is 9.38. The molecule has 8 nitrogen and oxygen atoms in total. The summed E-state index contributed by atoms with van der Waals surface area (Å²) in [5, 5.41) is 2.91. The number of halogens is 1. The number of amides is 2. The van der Waals surface area contributed by atoms with Crippen LogP contribution in [0.2, 0.25) is 0 Å². The van der Waals surface area contributed by atoms with E-state index in [4.69, 9.17) is 4.74 Å². The molecular formula is C30H36BrN3O5S. The molecule has 0 aliphatic rings. The molecule has 0 aliphatic carbocycles. The molecule has 0 aliphatic heterocycles. The summed E-state index contributed by atoms with van der Waals surface area (Å²) in [6, 6.07) is 22.8. The second kappa shape index (κ2) is 13.3. The summed E-state index contributed by atoms with van der Waals surface area (Å²) in [6.07, 6.45) is 1.05. The summed E-state index contributed by atoms with van der Waals surface area (Å²) in [7, 11) is -3.83. The van der Waals surface area contributed by atoms with Crippen LogP contribution in [0.4, 0.5) is 5.69 Å². The molecule has 0 saturated carbocycles. The van der Waals surface area contributed by atoms with E-state index < -0.39 is 34.1 Å². The quantitative estimate of drug-likeness (QED) is 0.317. The fourth-order valence-corrected chi connectivity index (χ4v) is 5.02. The van der Waals surface area contributed by atoms with Gasteiger partial charge in [-0.25, -0.2) is 8.42 Å². The number of hydrogen-bond donors (Lipinski definition) is 1. The molecule has 0 radical (unpaired) electrons. The minimum absolute atomic E-state index is 0.134. The number of carbonyl (C=O) groups excluding carboxylic acids is 2. The third-order valence-electron chi connectivity index (χ3n) is 5.98. The molecule has 0 bridgehead atoms. The molecule has 214 valence electrons. The Hall–Kier alpha value is -3.37. The zero-order valence-corrected chi connectivity index (χ0v) is 25.8. The second-order valence-electron chi connectivity index (χ2n) is 10.6. The maximum atomic E-state index is 13.7. The zero-order valence-electron chi connectivity index (χ0n) is 23.4. The Morgan fingerprint density at radius 2 is 1.52 bits per heavy atom. The first kappa shape index (κ1) is 31.2. The number of nitrogens with zero attached hydrogens (tertiary/aromatic N) is 2. The molecule has 3 aromatic rings. The first-order valence-corrected chi connectivity index (χ1v) is 15.5. The van der Waals surface area contributed by atoms with Crippen LogP contribution in [0.3, 0.4) is 0 Å². The van der Waals surface area contributed by atoms with E-state index in [1.807, 2.05) is 75.4 Å². The van der Waals surface area contributed by atoms with Crippen LogP contribution in [-0.4, -0.2) is 49.5 Å². The number of sulfonamides is 1. The Balaban J connectivity index is 1.83.